The van der Waals surface area contributed by atoms with Crippen molar-refractivity contribution < 1.29 is 4.74 Å². The standard InChI is InChI=1S/C25H31N5O/c1-2-26-25(27-17-22-10-6-11-24(16-22)30-14-7-13-28-30)29-15-12-23(18-29)20-31-19-21-8-4-3-5-9-21/h3-11,13-14,16,23H,2,12,15,17-20H2,1H3,(H,26,27). The lowest BCUT2D eigenvalue weighted by atomic mass is 10.1. The largest absolute Gasteiger partial charge is 0.376 e. The number of aliphatic imine (C=N–C) groups is 1. The summed E-state index contributed by atoms with van der Waals surface area (Å²) in [5.41, 5.74) is 3.45. The average molecular weight is 418 g/mol. The first kappa shape index (κ1) is 21.1. The van der Waals surface area contributed by atoms with Crippen molar-refractivity contribution >= 4 is 5.96 Å². The summed E-state index contributed by atoms with van der Waals surface area (Å²) in [4.78, 5) is 7.27. The minimum absolute atomic E-state index is 0.538. The molecule has 1 fully saturated rings. The number of nitrogens with one attached hydrogen (secondary N) is 1. The van der Waals surface area contributed by atoms with E-state index in [2.05, 4.69) is 70.8 Å². The summed E-state index contributed by atoms with van der Waals surface area (Å²) in [6.07, 6.45) is 4.88. The molecule has 0 aliphatic carbocycles. The van der Waals surface area contributed by atoms with Gasteiger partial charge in [-0.3, -0.25) is 0 Å². The summed E-state index contributed by atoms with van der Waals surface area (Å²) >= 11 is 0. The fraction of sp³-hybridized carbons (Fsp3) is 0.360. The van der Waals surface area contributed by atoms with Gasteiger partial charge in [0.25, 0.3) is 0 Å². The Hall–Kier alpha value is -3.12. The van der Waals surface area contributed by atoms with Crippen LogP contribution in [0.5, 0.6) is 0 Å². The number of nitrogens with zero attached hydrogens (tertiary/aromatic N) is 4. The van der Waals surface area contributed by atoms with Gasteiger partial charge in [-0.05, 0) is 42.7 Å². The zero-order valence-electron chi connectivity index (χ0n) is 18.2. The van der Waals surface area contributed by atoms with E-state index in [9.17, 15) is 0 Å². The molecule has 162 valence electrons. The molecule has 0 spiro atoms. The van der Waals surface area contributed by atoms with Crippen LogP contribution >= 0.6 is 0 Å². The van der Waals surface area contributed by atoms with Gasteiger partial charge in [-0.25, -0.2) is 9.67 Å². The third kappa shape index (κ3) is 5.95. The second kappa shape index (κ2) is 10.8. The van der Waals surface area contributed by atoms with E-state index in [4.69, 9.17) is 9.73 Å². The molecular formula is C25H31N5O. The van der Waals surface area contributed by atoms with Crippen LogP contribution in [-0.4, -0.2) is 46.9 Å². The number of ether oxygens (including phenoxy) is 1. The molecule has 1 N–H and O–H groups in total. The summed E-state index contributed by atoms with van der Waals surface area (Å²) in [5.74, 6) is 1.52. The molecular weight excluding hydrogens is 386 g/mol. The Bertz CT molecular complexity index is 955. The molecule has 2 aromatic carbocycles. The van der Waals surface area contributed by atoms with Gasteiger partial charge in [0.05, 0.1) is 25.4 Å². The van der Waals surface area contributed by atoms with Gasteiger partial charge in [-0.2, -0.15) is 5.10 Å². The highest BCUT2D eigenvalue weighted by Crippen LogP contribution is 2.18. The SMILES string of the molecule is CCNC(=NCc1cccc(-n2cccn2)c1)N1CCC(COCc2ccccc2)C1. The van der Waals surface area contributed by atoms with Crippen molar-refractivity contribution in [1.29, 1.82) is 0 Å². The van der Waals surface area contributed by atoms with Crippen LogP contribution in [0, 0.1) is 5.92 Å². The minimum Gasteiger partial charge on any atom is -0.376 e. The fourth-order valence-electron chi connectivity index (χ4n) is 3.89. The summed E-state index contributed by atoms with van der Waals surface area (Å²) < 4.78 is 7.85. The Morgan fingerprint density at radius 2 is 2.00 bits per heavy atom. The van der Waals surface area contributed by atoms with Crippen molar-refractivity contribution in [2.75, 3.05) is 26.2 Å². The number of hydrogen-bond acceptors (Lipinski definition) is 3. The van der Waals surface area contributed by atoms with E-state index < -0.39 is 0 Å². The van der Waals surface area contributed by atoms with Gasteiger partial charge >= 0.3 is 0 Å². The van der Waals surface area contributed by atoms with E-state index >= 15 is 0 Å². The molecule has 1 aliphatic rings. The molecule has 6 nitrogen and oxygen atoms in total. The second-order valence-corrected chi connectivity index (χ2v) is 7.89. The van der Waals surface area contributed by atoms with Crippen LogP contribution in [0.4, 0.5) is 0 Å². The normalized spacial score (nSPS) is 16.6. The first-order chi connectivity index (χ1) is 15.3. The lowest BCUT2D eigenvalue weighted by molar-refractivity contribution is 0.0906. The van der Waals surface area contributed by atoms with Gasteiger partial charge in [0.1, 0.15) is 0 Å². The van der Waals surface area contributed by atoms with E-state index in [-0.39, 0.29) is 0 Å². The lowest BCUT2D eigenvalue weighted by Crippen LogP contribution is -2.40. The highest BCUT2D eigenvalue weighted by Gasteiger charge is 2.25. The molecule has 1 aliphatic heterocycles. The Morgan fingerprint density at radius 1 is 1.13 bits per heavy atom. The molecule has 1 aromatic heterocycles. The van der Waals surface area contributed by atoms with Crippen molar-refractivity contribution in [1.82, 2.24) is 20.0 Å². The van der Waals surface area contributed by atoms with E-state index in [1.54, 1.807) is 6.20 Å². The number of rotatable bonds is 8. The monoisotopic (exact) mass is 417 g/mol. The number of guanidine groups is 1. The highest BCUT2D eigenvalue weighted by molar-refractivity contribution is 5.80. The van der Waals surface area contributed by atoms with Crippen LogP contribution in [0.2, 0.25) is 0 Å². The number of likely N-dealkylation sites (tertiary alicyclic amines) is 1. The van der Waals surface area contributed by atoms with Crippen LogP contribution in [0.3, 0.4) is 0 Å². The highest BCUT2D eigenvalue weighted by atomic mass is 16.5. The molecule has 0 bridgehead atoms. The maximum Gasteiger partial charge on any atom is 0.194 e. The zero-order chi connectivity index (χ0) is 21.3. The molecule has 0 saturated carbocycles. The molecule has 1 unspecified atom stereocenters. The van der Waals surface area contributed by atoms with Crippen LogP contribution in [0.25, 0.3) is 5.69 Å². The zero-order valence-corrected chi connectivity index (χ0v) is 18.2. The van der Waals surface area contributed by atoms with Crippen molar-refractivity contribution in [3.8, 4) is 5.69 Å². The van der Waals surface area contributed by atoms with Gasteiger partial charge in [0, 0.05) is 37.9 Å². The van der Waals surface area contributed by atoms with E-state index in [0.717, 1.165) is 44.3 Å². The third-order valence-electron chi connectivity index (χ3n) is 5.48. The fourth-order valence-corrected chi connectivity index (χ4v) is 3.89. The maximum atomic E-state index is 5.97. The quantitative estimate of drug-likeness (QED) is 0.446. The smallest absolute Gasteiger partial charge is 0.194 e. The summed E-state index contributed by atoms with van der Waals surface area (Å²) in [7, 11) is 0. The van der Waals surface area contributed by atoms with Gasteiger partial charge < -0.3 is 15.0 Å². The molecule has 6 heteroatoms. The predicted molar refractivity (Wildman–Crippen MR) is 124 cm³/mol. The van der Waals surface area contributed by atoms with Crippen molar-refractivity contribution in [2.45, 2.75) is 26.5 Å². The molecule has 1 atom stereocenters. The molecule has 1 saturated heterocycles. The number of hydrogen-bond donors (Lipinski definition) is 1. The Labute approximate surface area is 184 Å². The molecule has 0 radical (unpaired) electrons. The molecule has 31 heavy (non-hydrogen) atoms. The lowest BCUT2D eigenvalue weighted by Gasteiger charge is -2.21. The summed E-state index contributed by atoms with van der Waals surface area (Å²) in [6, 6.07) is 20.7. The average Bonchev–Trinajstić information content (AvgIpc) is 3.50. The van der Waals surface area contributed by atoms with Crippen molar-refractivity contribution in [2.24, 2.45) is 10.9 Å². The van der Waals surface area contributed by atoms with E-state index in [1.807, 2.05) is 23.0 Å². The topological polar surface area (TPSA) is 54.7 Å². The van der Waals surface area contributed by atoms with E-state index in [0.29, 0.717) is 19.1 Å². The van der Waals surface area contributed by atoms with Crippen LogP contribution in [-0.2, 0) is 17.9 Å². The molecule has 0 amide bonds. The maximum absolute atomic E-state index is 5.97. The first-order valence-corrected chi connectivity index (χ1v) is 11.1. The second-order valence-electron chi connectivity index (χ2n) is 7.89. The van der Waals surface area contributed by atoms with Gasteiger partial charge in [0.15, 0.2) is 5.96 Å². The van der Waals surface area contributed by atoms with Crippen LogP contribution in [0.1, 0.15) is 24.5 Å². The molecule has 2 heterocycles. The number of benzene rings is 2. The summed E-state index contributed by atoms with van der Waals surface area (Å²) in [6.45, 7) is 7.08. The molecule has 3 aromatic rings. The summed E-state index contributed by atoms with van der Waals surface area (Å²) in [5, 5.41) is 7.77. The van der Waals surface area contributed by atoms with Crippen LogP contribution in [0.15, 0.2) is 78.0 Å². The van der Waals surface area contributed by atoms with Gasteiger partial charge in [0.2, 0.25) is 0 Å². The Morgan fingerprint density at radius 3 is 2.81 bits per heavy atom. The van der Waals surface area contributed by atoms with E-state index in [1.165, 1.54) is 11.1 Å². The Kier molecular flexibility index (Phi) is 7.34. The first-order valence-electron chi connectivity index (χ1n) is 11.1. The van der Waals surface area contributed by atoms with Crippen molar-refractivity contribution in [3.63, 3.8) is 0 Å². The van der Waals surface area contributed by atoms with Crippen molar-refractivity contribution in [3.05, 3.63) is 84.2 Å². The Balaban J connectivity index is 1.32. The minimum atomic E-state index is 0.538. The number of aromatic nitrogens is 2. The predicted octanol–water partition coefficient (Wildman–Crippen LogP) is 3.88. The van der Waals surface area contributed by atoms with Crippen LogP contribution < -0.4 is 5.32 Å². The van der Waals surface area contributed by atoms with Gasteiger partial charge in [-0.15, -0.1) is 0 Å². The molecule has 4 rings (SSSR count). The van der Waals surface area contributed by atoms with Gasteiger partial charge in [-0.1, -0.05) is 42.5 Å². The third-order valence-corrected chi connectivity index (χ3v) is 5.48.